The molecular weight excluding hydrogens is 425 g/mol. The van der Waals surface area contributed by atoms with E-state index in [2.05, 4.69) is 9.97 Å². The summed E-state index contributed by atoms with van der Waals surface area (Å²) in [6.45, 7) is -0.252. The molecule has 0 aliphatic rings. The first kappa shape index (κ1) is 21.3. The lowest BCUT2D eigenvalue weighted by Gasteiger charge is -2.14. The second-order valence-electron chi connectivity index (χ2n) is 7.03. The van der Waals surface area contributed by atoms with Crippen LogP contribution in [0.3, 0.4) is 0 Å². The first-order valence-electron chi connectivity index (χ1n) is 9.51. The Morgan fingerprint density at radius 3 is 2.28 bits per heavy atom. The van der Waals surface area contributed by atoms with Crippen molar-refractivity contribution in [3.63, 3.8) is 0 Å². The molecule has 0 aliphatic carbocycles. The Kier molecular flexibility index (Phi) is 5.52. The molecule has 0 spiro atoms. The molecule has 4 aromatic rings. The van der Waals surface area contributed by atoms with E-state index in [0.717, 1.165) is 21.3 Å². The van der Waals surface area contributed by atoms with E-state index in [1.54, 1.807) is 24.3 Å². The molecule has 4 rings (SSSR count). The van der Waals surface area contributed by atoms with Gasteiger partial charge in [-0.15, -0.1) is 0 Å². The predicted molar refractivity (Wildman–Crippen MR) is 111 cm³/mol. The number of halogens is 3. The summed E-state index contributed by atoms with van der Waals surface area (Å²) >= 11 is 0. The van der Waals surface area contributed by atoms with Crippen LogP contribution in [0.2, 0.25) is 0 Å². The van der Waals surface area contributed by atoms with E-state index >= 15 is 0 Å². The van der Waals surface area contributed by atoms with E-state index in [-0.39, 0.29) is 29.8 Å². The Labute approximate surface area is 179 Å². The highest BCUT2D eigenvalue weighted by atomic mass is 19.4. The van der Waals surface area contributed by atoms with E-state index in [9.17, 15) is 22.8 Å². The smallest absolute Gasteiger partial charge is 0.416 e. The van der Waals surface area contributed by atoms with Gasteiger partial charge in [0.15, 0.2) is 11.2 Å². The molecule has 0 unspecified atom stereocenters. The lowest BCUT2D eigenvalue weighted by atomic mass is 10.1. The zero-order chi connectivity index (χ0) is 22.9. The molecule has 0 amide bonds. The van der Waals surface area contributed by atoms with Gasteiger partial charge >= 0.3 is 11.9 Å². The fraction of sp³-hybridized carbons (Fsp3) is 0.182. The third-order valence-electron chi connectivity index (χ3n) is 4.94. The lowest BCUT2D eigenvalue weighted by molar-refractivity contribution is -0.137. The van der Waals surface area contributed by atoms with Gasteiger partial charge in [-0.05, 0) is 35.4 Å². The molecule has 164 valence electrons. The zero-order valence-electron chi connectivity index (χ0n) is 16.8. The first-order chi connectivity index (χ1) is 15.3. The standard InChI is InChI=1S/C22H17F3N4O3/c1-32-17-7-5-14(6-8-17)12-29-20(30)18-19(27-10-9-26-18)28(21(29)31)13-15-3-2-4-16(11-15)22(23,24)25/h2-11H,12-13H2,1H3. The van der Waals surface area contributed by atoms with Crippen LogP contribution in [-0.4, -0.2) is 26.2 Å². The zero-order valence-corrected chi connectivity index (χ0v) is 16.8. The third-order valence-corrected chi connectivity index (χ3v) is 4.94. The maximum absolute atomic E-state index is 13.2. The van der Waals surface area contributed by atoms with Gasteiger partial charge in [0, 0.05) is 12.4 Å². The van der Waals surface area contributed by atoms with Crippen LogP contribution in [0, 0.1) is 0 Å². The number of hydrogen-bond donors (Lipinski definition) is 0. The van der Waals surface area contributed by atoms with Crippen LogP contribution in [0.4, 0.5) is 13.2 Å². The van der Waals surface area contributed by atoms with Crippen molar-refractivity contribution in [2.45, 2.75) is 19.3 Å². The molecule has 0 N–H and O–H groups in total. The summed E-state index contributed by atoms with van der Waals surface area (Å²) in [5, 5.41) is 0. The minimum absolute atomic E-state index is 0.00546. The molecule has 10 heteroatoms. The molecule has 2 aromatic heterocycles. The number of nitrogens with zero attached hydrogens (tertiary/aromatic N) is 4. The molecule has 32 heavy (non-hydrogen) atoms. The Hall–Kier alpha value is -3.95. The van der Waals surface area contributed by atoms with Crippen LogP contribution in [0.1, 0.15) is 16.7 Å². The predicted octanol–water partition coefficient (Wildman–Crippen LogP) is 3.08. The molecule has 7 nitrogen and oxygen atoms in total. The van der Waals surface area contributed by atoms with Crippen LogP contribution in [0.15, 0.2) is 70.5 Å². The number of rotatable bonds is 5. The lowest BCUT2D eigenvalue weighted by Crippen LogP contribution is -2.41. The highest BCUT2D eigenvalue weighted by Crippen LogP contribution is 2.29. The average molecular weight is 442 g/mol. The van der Waals surface area contributed by atoms with Crippen LogP contribution < -0.4 is 16.0 Å². The number of alkyl halides is 3. The van der Waals surface area contributed by atoms with Crippen LogP contribution in [-0.2, 0) is 19.3 Å². The van der Waals surface area contributed by atoms with Crippen molar-refractivity contribution in [2.24, 2.45) is 0 Å². The second kappa shape index (κ2) is 8.29. The Morgan fingerprint density at radius 1 is 0.906 bits per heavy atom. The van der Waals surface area contributed by atoms with Crippen LogP contribution >= 0.6 is 0 Å². The monoisotopic (exact) mass is 442 g/mol. The van der Waals surface area contributed by atoms with Crippen molar-refractivity contribution in [1.29, 1.82) is 0 Å². The summed E-state index contributed by atoms with van der Waals surface area (Å²) in [6.07, 6.45) is -1.88. The van der Waals surface area contributed by atoms with Crippen molar-refractivity contribution in [2.75, 3.05) is 7.11 Å². The summed E-state index contributed by atoms with van der Waals surface area (Å²) in [4.78, 5) is 34.3. The van der Waals surface area contributed by atoms with Crippen molar-refractivity contribution in [1.82, 2.24) is 19.1 Å². The second-order valence-corrected chi connectivity index (χ2v) is 7.03. The largest absolute Gasteiger partial charge is 0.497 e. The van der Waals surface area contributed by atoms with Gasteiger partial charge < -0.3 is 4.74 Å². The summed E-state index contributed by atoms with van der Waals surface area (Å²) in [7, 11) is 1.52. The average Bonchev–Trinajstić information content (AvgIpc) is 2.79. The molecule has 2 aromatic carbocycles. The van der Waals surface area contributed by atoms with Crippen molar-refractivity contribution >= 4 is 11.2 Å². The van der Waals surface area contributed by atoms with Crippen molar-refractivity contribution in [3.05, 3.63) is 98.5 Å². The van der Waals surface area contributed by atoms with E-state index in [4.69, 9.17) is 4.74 Å². The van der Waals surface area contributed by atoms with Gasteiger partial charge in [0.1, 0.15) is 5.75 Å². The molecule has 0 saturated heterocycles. The number of ether oxygens (including phenoxy) is 1. The van der Waals surface area contributed by atoms with Gasteiger partial charge in [0.2, 0.25) is 0 Å². The Balaban J connectivity index is 1.83. The normalized spacial score (nSPS) is 11.6. The van der Waals surface area contributed by atoms with Crippen molar-refractivity contribution < 1.29 is 17.9 Å². The van der Waals surface area contributed by atoms with Crippen LogP contribution in [0.25, 0.3) is 11.2 Å². The Morgan fingerprint density at radius 2 is 1.59 bits per heavy atom. The first-order valence-corrected chi connectivity index (χ1v) is 9.51. The summed E-state index contributed by atoms with van der Waals surface area (Å²) in [6, 6.07) is 11.5. The van der Waals surface area contributed by atoms with E-state index in [1.165, 1.54) is 31.6 Å². The summed E-state index contributed by atoms with van der Waals surface area (Å²) in [5.41, 5.74) is -1.30. The minimum atomic E-state index is -4.52. The van der Waals surface area contributed by atoms with Gasteiger partial charge in [-0.1, -0.05) is 24.3 Å². The van der Waals surface area contributed by atoms with E-state index in [1.807, 2.05) is 0 Å². The Bertz CT molecular complexity index is 1390. The minimum Gasteiger partial charge on any atom is -0.497 e. The molecule has 0 saturated carbocycles. The SMILES string of the molecule is COc1ccc(Cn2c(=O)c3nccnc3n(Cc3cccc(C(F)(F)F)c3)c2=O)cc1. The fourth-order valence-corrected chi connectivity index (χ4v) is 3.35. The van der Waals surface area contributed by atoms with Crippen molar-refractivity contribution in [3.8, 4) is 5.75 Å². The molecule has 0 bridgehead atoms. The highest BCUT2D eigenvalue weighted by Gasteiger charge is 2.30. The number of benzene rings is 2. The fourth-order valence-electron chi connectivity index (χ4n) is 3.35. The topological polar surface area (TPSA) is 79.0 Å². The molecular formula is C22H17F3N4O3. The highest BCUT2D eigenvalue weighted by molar-refractivity contribution is 5.68. The van der Waals surface area contributed by atoms with Gasteiger partial charge in [0.05, 0.1) is 25.8 Å². The van der Waals surface area contributed by atoms with Gasteiger partial charge in [0.25, 0.3) is 5.56 Å². The number of methoxy groups -OCH3 is 1. The number of aromatic nitrogens is 4. The van der Waals surface area contributed by atoms with Gasteiger partial charge in [-0.25, -0.2) is 14.8 Å². The number of fused-ring (bicyclic) bond motifs is 1. The van der Waals surface area contributed by atoms with E-state index in [0.29, 0.717) is 11.3 Å². The van der Waals surface area contributed by atoms with Gasteiger partial charge in [-0.3, -0.25) is 13.9 Å². The van der Waals surface area contributed by atoms with Crippen LogP contribution in [0.5, 0.6) is 5.75 Å². The summed E-state index contributed by atoms with van der Waals surface area (Å²) < 4.78 is 46.6. The van der Waals surface area contributed by atoms with E-state index < -0.39 is 23.0 Å². The molecule has 2 heterocycles. The molecule has 0 aliphatic heterocycles. The maximum Gasteiger partial charge on any atom is 0.416 e. The maximum atomic E-state index is 13.2. The molecule has 0 atom stereocenters. The molecule has 0 fully saturated rings. The molecule has 0 radical (unpaired) electrons. The third kappa shape index (κ3) is 4.11. The number of hydrogen-bond acceptors (Lipinski definition) is 5. The quantitative estimate of drug-likeness (QED) is 0.475. The van der Waals surface area contributed by atoms with Gasteiger partial charge in [-0.2, -0.15) is 13.2 Å². The summed E-state index contributed by atoms with van der Waals surface area (Å²) in [5.74, 6) is 0.618.